The van der Waals surface area contributed by atoms with E-state index in [2.05, 4.69) is 73.7 Å². The minimum atomic E-state index is 0.581. The summed E-state index contributed by atoms with van der Waals surface area (Å²) in [6.45, 7) is 2.11. The summed E-state index contributed by atoms with van der Waals surface area (Å²) in [6.07, 6.45) is 1.93. The number of aromatic nitrogens is 5. The highest BCUT2D eigenvalue weighted by molar-refractivity contribution is 5.87. The van der Waals surface area contributed by atoms with Crippen LogP contribution in [0.2, 0.25) is 0 Å². The topological polar surface area (TPSA) is 64.5 Å². The lowest BCUT2D eigenvalue weighted by molar-refractivity contribution is 1.07. The van der Waals surface area contributed by atoms with E-state index >= 15 is 0 Å². The van der Waals surface area contributed by atoms with Gasteiger partial charge in [0.2, 0.25) is 0 Å². The van der Waals surface area contributed by atoms with Crippen molar-refractivity contribution in [3.05, 3.63) is 163 Å². The van der Waals surface area contributed by atoms with Crippen molar-refractivity contribution in [3.8, 4) is 67.9 Å². The Labute approximate surface area is 273 Å². The zero-order valence-electron chi connectivity index (χ0n) is 25.7. The summed E-state index contributed by atoms with van der Waals surface area (Å²) in [7, 11) is 0. The highest BCUT2D eigenvalue weighted by Gasteiger charge is 2.16. The number of fused-ring (bicyclic) bond motifs is 1. The fourth-order valence-corrected chi connectivity index (χ4v) is 5.80. The first-order chi connectivity index (χ1) is 23.2. The van der Waals surface area contributed by atoms with Crippen molar-refractivity contribution in [2.45, 2.75) is 6.92 Å². The number of hydrogen-bond acceptors (Lipinski definition) is 5. The summed E-state index contributed by atoms with van der Waals surface area (Å²) >= 11 is 0. The number of hydrogen-bond donors (Lipinski definition) is 0. The summed E-state index contributed by atoms with van der Waals surface area (Å²) in [5.41, 5.74) is 9.47. The number of nitrogens with zero attached hydrogens (tertiary/aromatic N) is 5. The van der Waals surface area contributed by atoms with E-state index in [0.717, 1.165) is 66.8 Å². The van der Waals surface area contributed by atoms with Gasteiger partial charge >= 0.3 is 0 Å². The maximum absolute atomic E-state index is 5.15. The first kappa shape index (κ1) is 28.2. The molecule has 0 aliphatic carbocycles. The molecule has 5 nitrogen and oxygen atoms in total. The molecule has 3 aromatic heterocycles. The van der Waals surface area contributed by atoms with Gasteiger partial charge in [-0.15, -0.1) is 0 Å². The smallest absolute Gasteiger partial charge is 0.164 e. The van der Waals surface area contributed by atoms with E-state index in [0.29, 0.717) is 17.5 Å². The number of pyridine rings is 2. The van der Waals surface area contributed by atoms with Crippen LogP contribution in [-0.2, 0) is 0 Å². The van der Waals surface area contributed by atoms with Gasteiger partial charge in [-0.1, -0.05) is 115 Å². The van der Waals surface area contributed by atoms with Crippen molar-refractivity contribution in [1.29, 1.82) is 0 Å². The fraction of sp³-hybridized carbons (Fsp3) is 0.0238. The molecule has 47 heavy (non-hydrogen) atoms. The Morgan fingerprint density at radius 1 is 0.340 bits per heavy atom. The Bertz CT molecular complexity index is 2300. The first-order valence-electron chi connectivity index (χ1n) is 15.6. The van der Waals surface area contributed by atoms with E-state index in [1.54, 1.807) is 0 Å². The van der Waals surface area contributed by atoms with Gasteiger partial charge in [0, 0.05) is 45.0 Å². The van der Waals surface area contributed by atoms with E-state index < -0.39 is 0 Å². The van der Waals surface area contributed by atoms with Crippen LogP contribution >= 0.6 is 0 Å². The zero-order valence-corrected chi connectivity index (χ0v) is 25.7. The number of rotatable bonds is 6. The highest BCUT2D eigenvalue weighted by atomic mass is 15.0. The molecule has 0 saturated heterocycles. The zero-order chi connectivity index (χ0) is 31.6. The number of aryl methyl sites for hydroxylation is 1. The van der Waals surface area contributed by atoms with Crippen molar-refractivity contribution < 1.29 is 0 Å². The summed E-state index contributed by atoms with van der Waals surface area (Å²) in [6, 6.07) is 51.4. The molecule has 0 bridgehead atoms. The van der Waals surface area contributed by atoms with Crippen molar-refractivity contribution in [3.63, 3.8) is 0 Å². The molecular formula is C42H29N5. The molecule has 0 spiro atoms. The molecule has 8 aromatic rings. The Hall–Kier alpha value is -6.33. The maximum Gasteiger partial charge on any atom is 0.164 e. The summed E-state index contributed by atoms with van der Waals surface area (Å²) in [5, 5.41) is 2.22. The third-order valence-corrected chi connectivity index (χ3v) is 8.15. The normalized spacial score (nSPS) is 11.1. The molecule has 222 valence electrons. The largest absolute Gasteiger partial charge is 0.256 e. The van der Waals surface area contributed by atoms with Crippen LogP contribution in [0.1, 0.15) is 5.56 Å². The van der Waals surface area contributed by atoms with E-state index in [1.165, 1.54) is 0 Å². The first-order valence-corrected chi connectivity index (χ1v) is 15.6. The van der Waals surface area contributed by atoms with Gasteiger partial charge in [0.05, 0.1) is 17.1 Å². The predicted octanol–water partition coefficient (Wildman–Crippen LogP) is 10.1. The average molecular weight is 604 g/mol. The molecule has 0 aliphatic rings. The SMILES string of the molecule is Cc1cc(-c2ccccc2)nc(-c2cc(-c3cc4ccccc4cn3)cc(-c3nc(-c4ccccc4)nc(-c4ccccc4)n3)c2)c1. The molecule has 3 heterocycles. The molecule has 0 radical (unpaired) electrons. The van der Waals surface area contributed by atoms with Gasteiger partial charge in [-0.05, 0) is 54.3 Å². The van der Waals surface area contributed by atoms with Gasteiger partial charge in [-0.25, -0.2) is 19.9 Å². The minimum absolute atomic E-state index is 0.581. The van der Waals surface area contributed by atoms with Gasteiger partial charge in [0.1, 0.15) is 0 Å². The van der Waals surface area contributed by atoms with Crippen molar-refractivity contribution in [1.82, 2.24) is 24.9 Å². The van der Waals surface area contributed by atoms with Crippen LogP contribution in [0, 0.1) is 6.92 Å². The molecule has 5 aromatic carbocycles. The lowest BCUT2D eigenvalue weighted by Crippen LogP contribution is -2.01. The van der Waals surface area contributed by atoms with Crippen molar-refractivity contribution >= 4 is 10.8 Å². The lowest BCUT2D eigenvalue weighted by atomic mass is 9.98. The molecule has 0 amide bonds. The van der Waals surface area contributed by atoms with E-state index in [4.69, 9.17) is 24.9 Å². The van der Waals surface area contributed by atoms with Gasteiger partial charge in [-0.3, -0.25) is 4.98 Å². The van der Waals surface area contributed by atoms with Crippen LogP contribution in [0.3, 0.4) is 0 Å². The second-order valence-corrected chi connectivity index (χ2v) is 11.5. The quantitative estimate of drug-likeness (QED) is 0.189. The maximum atomic E-state index is 5.15. The lowest BCUT2D eigenvalue weighted by Gasteiger charge is -2.13. The molecule has 0 unspecified atom stereocenters. The number of benzene rings is 5. The van der Waals surface area contributed by atoms with E-state index in [-0.39, 0.29) is 0 Å². The molecule has 0 saturated carbocycles. The third kappa shape index (κ3) is 5.90. The van der Waals surface area contributed by atoms with E-state index in [1.807, 2.05) is 91.1 Å². The van der Waals surface area contributed by atoms with Crippen LogP contribution in [-0.4, -0.2) is 24.9 Å². The standard InChI is InChI=1S/C42H29N5/c1-28-21-38(29-13-5-2-6-14-29)44-39(22-28)35-23-34(37-26-32-19-11-12-20-33(32)27-43-37)24-36(25-35)42-46-40(30-15-7-3-8-16-30)45-41(47-42)31-17-9-4-10-18-31/h2-27H,1H3. The van der Waals surface area contributed by atoms with Crippen molar-refractivity contribution in [2.24, 2.45) is 0 Å². The summed E-state index contributed by atoms with van der Waals surface area (Å²) in [5.74, 6) is 1.81. The fourth-order valence-electron chi connectivity index (χ4n) is 5.80. The Balaban J connectivity index is 1.36. The van der Waals surface area contributed by atoms with Gasteiger partial charge in [0.25, 0.3) is 0 Å². The monoisotopic (exact) mass is 603 g/mol. The minimum Gasteiger partial charge on any atom is -0.256 e. The molecule has 0 N–H and O–H groups in total. The van der Waals surface area contributed by atoms with Gasteiger partial charge in [0.15, 0.2) is 17.5 Å². The van der Waals surface area contributed by atoms with Crippen LogP contribution in [0.4, 0.5) is 0 Å². The molecule has 0 aliphatic heterocycles. The highest BCUT2D eigenvalue weighted by Crippen LogP contribution is 2.34. The molecule has 8 rings (SSSR count). The average Bonchev–Trinajstić information content (AvgIpc) is 3.15. The predicted molar refractivity (Wildman–Crippen MR) is 190 cm³/mol. The van der Waals surface area contributed by atoms with Crippen LogP contribution < -0.4 is 0 Å². The molecule has 5 heteroatoms. The van der Waals surface area contributed by atoms with Gasteiger partial charge < -0.3 is 0 Å². The van der Waals surface area contributed by atoms with Crippen LogP contribution in [0.5, 0.6) is 0 Å². The van der Waals surface area contributed by atoms with Crippen molar-refractivity contribution in [2.75, 3.05) is 0 Å². The summed E-state index contributed by atoms with van der Waals surface area (Å²) < 4.78 is 0. The Morgan fingerprint density at radius 3 is 1.38 bits per heavy atom. The molecule has 0 fully saturated rings. The second-order valence-electron chi connectivity index (χ2n) is 11.5. The second kappa shape index (κ2) is 12.2. The summed E-state index contributed by atoms with van der Waals surface area (Å²) in [4.78, 5) is 25.0. The Kier molecular flexibility index (Phi) is 7.32. The van der Waals surface area contributed by atoms with E-state index in [9.17, 15) is 0 Å². The Morgan fingerprint density at radius 2 is 0.787 bits per heavy atom. The molecule has 0 atom stereocenters. The molecular weight excluding hydrogens is 574 g/mol. The van der Waals surface area contributed by atoms with Crippen LogP contribution in [0.25, 0.3) is 78.7 Å². The van der Waals surface area contributed by atoms with Crippen LogP contribution in [0.15, 0.2) is 158 Å². The van der Waals surface area contributed by atoms with Gasteiger partial charge in [-0.2, -0.15) is 0 Å². The third-order valence-electron chi connectivity index (χ3n) is 8.15.